The minimum absolute atomic E-state index is 0.0383. The first-order valence-electron chi connectivity index (χ1n) is 9.25. The molecule has 2 rings (SSSR count). The number of nitrogens with one attached hydrogen (secondary N) is 2. The van der Waals surface area contributed by atoms with E-state index in [0.717, 1.165) is 11.0 Å². The molecule has 0 bridgehead atoms. The molecule has 10 heteroatoms. The van der Waals surface area contributed by atoms with Crippen molar-refractivity contribution in [1.29, 1.82) is 0 Å². The number of carbonyl (C=O) groups excluding carboxylic acids is 1. The van der Waals surface area contributed by atoms with Crippen LogP contribution < -0.4 is 10.2 Å². The Labute approximate surface area is 165 Å². The Bertz CT molecular complexity index is 855. The zero-order valence-corrected chi connectivity index (χ0v) is 17.8. The van der Waals surface area contributed by atoms with Crippen molar-refractivity contribution in [2.24, 2.45) is 0 Å². The van der Waals surface area contributed by atoms with Crippen LogP contribution in [0.1, 0.15) is 33.3 Å². The van der Waals surface area contributed by atoms with E-state index in [4.69, 9.17) is 0 Å². The quantitative estimate of drug-likeness (QED) is 0.525. The second kappa shape index (κ2) is 8.14. The van der Waals surface area contributed by atoms with Crippen LogP contribution in [0.5, 0.6) is 0 Å². The Kier molecular flexibility index (Phi) is 6.47. The highest BCUT2D eigenvalue weighted by Crippen LogP contribution is 2.24. The predicted molar refractivity (Wildman–Crippen MR) is 105 cm³/mol. The first-order valence-corrected chi connectivity index (χ1v) is 10.7. The fraction of sp³-hybridized carbons (Fsp3) is 0.611. The maximum Gasteiger partial charge on any atom is 0.278 e. The first kappa shape index (κ1) is 22.3. The zero-order chi connectivity index (χ0) is 21.3. The molecule has 1 aromatic carbocycles. The minimum atomic E-state index is -3.83. The normalized spacial score (nSPS) is 17.9. The lowest BCUT2D eigenvalue weighted by molar-refractivity contribution is -0.917. The molecule has 0 unspecified atom stereocenters. The van der Waals surface area contributed by atoms with Gasteiger partial charge < -0.3 is 10.2 Å². The number of quaternary nitrogens is 1. The van der Waals surface area contributed by atoms with Crippen molar-refractivity contribution in [2.75, 3.05) is 26.2 Å². The van der Waals surface area contributed by atoms with Crippen molar-refractivity contribution in [2.45, 2.75) is 51.1 Å². The number of hydrogen-bond donors (Lipinski definition) is 2. The van der Waals surface area contributed by atoms with E-state index >= 15 is 0 Å². The Morgan fingerprint density at radius 2 is 1.86 bits per heavy atom. The van der Waals surface area contributed by atoms with Gasteiger partial charge in [-0.05, 0) is 40.2 Å². The van der Waals surface area contributed by atoms with E-state index in [-0.39, 0.29) is 41.2 Å². The predicted octanol–water partition coefficient (Wildman–Crippen LogP) is 0.0956. The van der Waals surface area contributed by atoms with Crippen LogP contribution in [0.4, 0.5) is 5.69 Å². The second-order valence-electron chi connectivity index (χ2n) is 8.23. The molecule has 1 atom stereocenters. The maximum absolute atomic E-state index is 13.0. The summed E-state index contributed by atoms with van der Waals surface area (Å²) in [6, 6.07) is 3.57. The molecule has 9 nitrogen and oxygen atoms in total. The number of benzene rings is 1. The summed E-state index contributed by atoms with van der Waals surface area (Å²) in [6.45, 7) is 10.7. The lowest BCUT2D eigenvalue weighted by atomic mass is 10.1. The molecule has 0 saturated carbocycles. The van der Waals surface area contributed by atoms with Crippen molar-refractivity contribution in [3.8, 4) is 0 Å². The Morgan fingerprint density at radius 3 is 2.36 bits per heavy atom. The molecule has 1 heterocycles. The van der Waals surface area contributed by atoms with Gasteiger partial charge in [0.25, 0.3) is 11.6 Å². The molecule has 0 spiro atoms. The highest BCUT2D eigenvalue weighted by Gasteiger charge is 2.36. The fourth-order valence-electron chi connectivity index (χ4n) is 3.23. The van der Waals surface area contributed by atoms with Crippen LogP contribution in [0.2, 0.25) is 0 Å². The molecule has 1 aliphatic rings. The lowest BCUT2D eigenvalue weighted by Gasteiger charge is -2.35. The summed E-state index contributed by atoms with van der Waals surface area (Å²) in [4.78, 5) is 23.8. The molecule has 1 amide bonds. The summed E-state index contributed by atoms with van der Waals surface area (Å²) < 4.78 is 27.3. The molecule has 1 aromatic rings. The van der Waals surface area contributed by atoms with Crippen molar-refractivity contribution in [3.63, 3.8) is 0 Å². The molecule has 1 fully saturated rings. The van der Waals surface area contributed by atoms with Crippen LogP contribution in [-0.2, 0) is 14.8 Å². The lowest BCUT2D eigenvalue weighted by Crippen LogP contribution is -3.19. The Morgan fingerprint density at radius 1 is 1.29 bits per heavy atom. The number of carbonyl (C=O) groups is 1. The fourth-order valence-corrected chi connectivity index (χ4v) is 4.92. The average molecular weight is 414 g/mol. The number of rotatable bonds is 5. The summed E-state index contributed by atoms with van der Waals surface area (Å²) in [5, 5.41) is 14.0. The standard InChI is InChI=1S/C18H28N4O5S/c1-13-6-7-15(22(24)25)12-16(13)28(26,27)21-10-8-20(9-11-21)14(2)17(23)19-18(3,4)5/h6-7,12,14H,8-11H2,1-5H3,(H,19,23)/p+1/t14-/m1/s1. The van der Waals surface area contributed by atoms with E-state index in [1.54, 1.807) is 6.92 Å². The molecule has 0 aromatic heterocycles. The van der Waals surface area contributed by atoms with Gasteiger partial charge in [0.2, 0.25) is 10.0 Å². The number of non-ortho nitro benzene ring substituents is 1. The molecule has 1 saturated heterocycles. The van der Waals surface area contributed by atoms with Gasteiger partial charge in [0.15, 0.2) is 6.04 Å². The van der Waals surface area contributed by atoms with E-state index in [2.05, 4.69) is 5.32 Å². The van der Waals surface area contributed by atoms with E-state index in [0.29, 0.717) is 18.7 Å². The highest BCUT2D eigenvalue weighted by molar-refractivity contribution is 7.89. The van der Waals surface area contributed by atoms with Gasteiger partial charge in [0.1, 0.15) is 0 Å². The summed E-state index contributed by atoms with van der Waals surface area (Å²) in [6.07, 6.45) is 0. The molecule has 28 heavy (non-hydrogen) atoms. The summed E-state index contributed by atoms with van der Waals surface area (Å²) in [5.74, 6) is -0.0617. The molecule has 1 aliphatic heterocycles. The van der Waals surface area contributed by atoms with Crippen LogP contribution in [0.15, 0.2) is 23.1 Å². The average Bonchev–Trinajstić information content (AvgIpc) is 2.59. The molecule has 2 N–H and O–H groups in total. The van der Waals surface area contributed by atoms with Crippen molar-refractivity contribution < 1.29 is 23.0 Å². The number of aryl methyl sites for hydroxylation is 1. The van der Waals surface area contributed by atoms with Crippen LogP contribution >= 0.6 is 0 Å². The van der Waals surface area contributed by atoms with E-state index in [1.165, 1.54) is 16.4 Å². The van der Waals surface area contributed by atoms with Crippen molar-refractivity contribution in [1.82, 2.24) is 9.62 Å². The van der Waals surface area contributed by atoms with Crippen molar-refractivity contribution >= 4 is 21.6 Å². The number of piperazine rings is 1. The number of nitro groups is 1. The van der Waals surface area contributed by atoms with Gasteiger partial charge in [0, 0.05) is 17.7 Å². The number of nitrogens with zero attached hydrogens (tertiary/aromatic N) is 2. The SMILES string of the molecule is Cc1ccc([N+](=O)[O-])cc1S(=O)(=O)N1CC[NH+]([C@H](C)C(=O)NC(C)(C)C)CC1. The van der Waals surface area contributed by atoms with E-state index < -0.39 is 14.9 Å². The zero-order valence-electron chi connectivity index (χ0n) is 17.0. The third-order valence-corrected chi connectivity index (χ3v) is 6.91. The number of amides is 1. The third kappa shape index (κ3) is 5.06. The van der Waals surface area contributed by atoms with Gasteiger partial charge in [-0.3, -0.25) is 14.9 Å². The smallest absolute Gasteiger partial charge is 0.278 e. The number of sulfonamides is 1. The van der Waals surface area contributed by atoms with E-state index in [9.17, 15) is 23.3 Å². The Balaban J connectivity index is 2.11. The highest BCUT2D eigenvalue weighted by atomic mass is 32.2. The topological polar surface area (TPSA) is 114 Å². The summed E-state index contributed by atoms with van der Waals surface area (Å²) in [5.41, 5.74) is -0.102. The molecule has 0 aliphatic carbocycles. The first-order chi connectivity index (χ1) is 12.8. The third-order valence-electron chi connectivity index (χ3n) is 4.87. The van der Waals surface area contributed by atoms with Gasteiger partial charge in [-0.1, -0.05) is 6.07 Å². The summed E-state index contributed by atoms with van der Waals surface area (Å²) in [7, 11) is -3.83. The van der Waals surface area contributed by atoms with Gasteiger partial charge in [-0.2, -0.15) is 4.31 Å². The van der Waals surface area contributed by atoms with Gasteiger partial charge in [-0.25, -0.2) is 8.42 Å². The number of hydrogen-bond acceptors (Lipinski definition) is 5. The van der Waals surface area contributed by atoms with Crippen LogP contribution in [0, 0.1) is 17.0 Å². The Hall–Kier alpha value is -2.04. The van der Waals surface area contributed by atoms with Gasteiger partial charge in [-0.15, -0.1) is 0 Å². The largest absolute Gasteiger partial charge is 0.346 e. The maximum atomic E-state index is 13.0. The van der Waals surface area contributed by atoms with Gasteiger partial charge in [0.05, 0.1) is 36.0 Å². The molecular weight excluding hydrogens is 384 g/mol. The molecular formula is C18H29N4O5S+. The van der Waals surface area contributed by atoms with Crippen LogP contribution in [0.3, 0.4) is 0 Å². The van der Waals surface area contributed by atoms with Crippen LogP contribution in [-0.4, -0.2) is 61.3 Å². The minimum Gasteiger partial charge on any atom is -0.346 e. The molecule has 156 valence electrons. The monoisotopic (exact) mass is 413 g/mol. The van der Waals surface area contributed by atoms with Gasteiger partial charge >= 0.3 is 0 Å². The van der Waals surface area contributed by atoms with Crippen LogP contribution in [0.25, 0.3) is 0 Å². The molecule has 0 radical (unpaired) electrons. The summed E-state index contributed by atoms with van der Waals surface area (Å²) >= 11 is 0. The van der Waals surface area contributed by atoms with Crippen molar-refractivity contribution in [3.05, 3.63) is 33.9 Å². The number of nitro benzene ring substituents is 1. The second-order valence-corrected chi connectivity index (χ2v) is 10.1. The van der Waals surface area contributed by atoms with E-state index in [1.807, 2.05) is 27.7 Å².